The van der Waals surface area contributed by atoms with Crippen LogP contribution in [0, 0.1) is 5.82 Å². The molecule has 3 rings (SSSR count). The quantitative estimate of drug-likeness (QED) is 0.858. The Morgan fingerprint density at radius 3 is 2.94 bits per heavy atom. The van der Waals surface area contributed by atoms with Gasteiger partial charge in [0, 0.05) is 36.0 Å². The maximum absolute atomic E-state index is 13.3. The highest BCUT2D eigenvalue weighted by atomic mass is 19.1. The first kappa shape index (κ1) is 11.3. The number of hydrogen-bond donors (Lipinski definition) is 2. The highest BCUT2D eigenvalue weighted by molar-refractivity contribution is 5.85. The van der Waals surface area contributed by atoms with Crippen molar-refractivity contribution in [3.8, 4) is 0 Å². The Balaban J connectivity index is 1.99. The number of rotatable bonds is 3. The fourth-order valence-electron chi connectivity index (χ4n) is 2.52. The lowest BCUT2D eigenvalue weighted by Gasteiger charge is -2.14. The van der Waals surface area contributed by atoms with Gasteiger partial charge in [-0.15, -0.1) is 0 Å². The van der Waals surface area contributed by atoms with Crippen LogP contribution in [0.25, 0.3) is 10.9 Å². The molecule has 0 saturated heterocycles. The lowest BCUT2D eigenvalue weighted by Crippen LogP contribution is -2.30. The molecule has 0 spiro atoms. The number of aromatic amines is 1. The second-order valence-corrected chi connectivity index (χ2v) is 5.08. The van der Waals surface area contributed by atoms with Crippen molar-refractivity contribution < 1.29 is 9.18 Å². The molecule has 1 amide bonds. The van der Waals surface area contributed by atoms with Crippen LogP contribution in [0.3, 0.4) is 0 Å². The monoisotopic (exact) mass is 246 g/mol. The standard InChI is InChI=1S/C14H15FN2O/c1-9(18)17-8-14(4-5-14)12-7-16-13-3-2-10(15)6-11(12)13/h2-3,6-7,16H,4-5,8H2,1H3,(H,17,18). The largest absolute Gasteiger partial charge is 0.361 e. The second-order valence-electron chi connectivity index (χ2n) is 5.08. The lowest BCUT2D eigenvalue weighted by molar-refractivity contribution is -0.119. The maximum Gasteiger partial charge on any atom is 0.216 e. The van der Waals surface area contributed by atoms with Gasteiger partial charge in [-0.1, -0.05) is 0 Å². The normalized spacial score (nSPS) is 16.8. The zero-order chi connectivity index (χ0) is 12.8. The summed E-state index contributed by atoms with van der Waals surface area (Å²) < 4.78 is 13.3. The first-order valence-corrected chi connectivity index (χ1v) is 6.12. The highest BCUT2D eigenvalue weighted by Crippen LogP contribution is 2.49. The van der Waals surface area contributed by atoms with Gasteiger partial charge in [0.25, 0.3) is 0 Å². The van der Waals surface area contributed by atoms with Crippen LogP contribution in [0.1, 0.15) is 25.3 Å². The van der Waals surface area contributed by atoms with Gasteiger partial charge < -0.3 is 10.3 Å². The molecule has 3 nitrogen and oxygen atoms in total. The summed E-state index contributed by atoms with van der Waals surface area (Å²) in [6.07, 6.45) is 4.02. The molecule has 0 atom stereocenters. The lowest BCUT2D eigenvalue weighted by atomic mass is 9.95. The smallest absolute Gasteiger partial charge is 0.216 e. The molecule has 0 bridgehead atoms. The van der Waals surface area contributed by atoms with E-state index in [1.807, 2.05) is 6.20 Å². The first-order chi connectivity index (χ1) is 8.61. The van der Waals surface area contributed by atoms with E-state index in [0.717, 1.165) is 29.3 Å². The van der Waals surface area contributed by atoms with Gasteiger partial charge in [-0.25, -0.2) is 4.39 Å². The molecule has 4 heteroatoms. The number of carbonyl (C=O) groups excluding carboxylic acids is 1. The molecule has 1 heterocycles. The van der Waals surface area contributed by atoms with Crippen LogP contribution < -0.4 is 5.32 Å². The minimum Gasteiger partial charge on any atom is -0.361 e. The Morgan fingerprint density at radius 1 is 1.50 bits per heavy atom. The van der Waals surface area contributed by atoms with Crippen molar-refractivity contribution in [2.75, 3.05) is 6.54 Å². The molecule has 1 aliphatic rings. The average molecular weight is 246 g/mol. The molecule has 0 radical (unpaired) electrons. The fourth-order valence-corrected chi connectivity index (χ4v) is 2.52. The summed E-state index contributed by atoms with van der Waals surface area (Å²) in [5.41, 5.74) is 2.06. The minimum absolute atomic E-state index is 0.00227. The number of benzene rings is 1. The number of amides is 1. The summed E-state index contributed by atoms with van der Waals surface area (Å²) in [5.74, 6) is -0.244. The zero-order valence-electron chi connectivity index (χ0n) is 10.2. The molecule has 0 unspecified atom stereocenters. The molecule has 94 valence electrons. The van der Waals surface area contributed by atoms with E-state index >= 15 is 0 Å². The van der Waals surface area contributed by atoms with E-state index in [4.69, 9.17) is 0 Å². The van der Waals surface area contributed by atoms with Crippen molar-refractivity contribution in [3.63, 3.8) is 0 Å². The molecule has 1 fully saturated rings. The molecule has 1 aromatic heterocycles. The maximum atomic E-state index is 13.3. The van der Waals surface area contributed by atoms with E-state index in [1.54, 1.807) is 12.1 Å². The van der Waals surface area contributed by atoms with Gasteiger partial charge in [-0.05, 0) is 36.6 Å². The van der Waals surface area contributed by atoms with Crippen LogP contribution in [0.15, 0.2) is 24.4 Å². The molecule has 2 aromatic rings. The number of aromatic nitrogens is 1. The van der Waals surface area contributed by atoms with Crippen molar-refractivity contribution in [1.82, 2.24) is 10.3 Å². The number of carbonyl (C=O) groups is 1. The molecule has 2 N–H and O–H groups in total. The van der Waals surface area contributed by atoms with Crippen molar-refractivity contribution in [2.24, 2.45) is 0 Å². The predicted molar refractivity (Wildman–Crippen MR) is 67.9 cm³/mol. The van der Waals surface area contributed by atoms with Crippen molar-refractivity contribution in [3.05, 3.63) is 35.8 Å². The van der Waals surface area contributed by atoms with Crippen molar-refractivity contribution in [1.29, 1.82) is 0 Å². The summed E-state index contributed by atoms with van der Waals surface area (Å²) >= 11 is 0. The van der Waals surface area contributed by atoms with Gasteiger partial charge in [0.2, 0.25) is 5.91 Å². The summed E-state index contributed by atoms with van der Waals surface area (Å²) in [4.78, 5) is 14.2. The van der Waals surface area contributed by atoms with Gasteiger partial charge >= 0.3 is 0 Å². The Hall–Kier alpha value is -1.84. The molecular formula is C14H15FN2O. The number of hydrogen-bond acceptors (Lipinski definition) is 1. The fraction of sp³-hybridized carbons (Fsp3) is 0.357. The molecule has 1 saturated carbocycles. The Kier molecular flexibility index (Phi) is 2.40. The van der Waals surface area contributed by atoms with Gasteiger partial charge in [0.05, 0.1) is 0 Å². The van der Waals surface area contributed by atoms with Gasteiger partial charge in [-0.3, -0.25) is 4.79 Å². The Labute approximate surface area is 104 Å². The second kappa shape index (κ2) is 3.83. The average Bonchev–Trinajstić information content (AvgIpc) is 3.00. The third kappa shape index (κ3) is 1.78. The van der Waals surface area contributed by atoms with Gasteiger partial charge in [0.1, 0.15) is 5.82 Å². The first-order valence-electron chi connectivity index (χ1n) is 6.12. The van der Waals surface area contributed by atoms with Crippen LogP contribution in [-0.4, -0.2) is 17.4 Å². The van der Waals surface area contributed by atoms with Crippen LogP contribution in [0.4, 0.5) is 4.39 Å². The summed E-state index contributed by atoms with van der Waals surface area (Å²) in [5, 5.41) is 3.80. The summed E-state index contributed by atoms with van der Waals surface area (Å²) in [6, 6.07) is 4.77. The van der Waals surface area contributed by atoms with Crippen LogP contribution in [0.2, 0.25) is 0 Å². The topological polar surface area (TPSA) is 44.9 Å². The molecule has 1 aromatic carbocycles. The summed E-state index contributed by atoms with van der Waals surface area (Å²) in [6.45, 7) is 2.15. The molecule has 18 heavy (non-hydrogen) atoms. The van der Waals surface area contributed by atoms with E-state index in [9.17, 15) is 9.18 Å². The molecule has 0 aliphatic heterocycles. The van der Waals surface area contributed by atoms with E-state index in [2.05, 4.69) is 10.3 Å². The summed E-state index contributed by atoms with van der Waals surface area (Å²) in [7, 11) is 0. The van der Waals surface area contributed by atoms with E-state index < -0.39 is 0 Å². The van der Waals surface area contributed by atoms with E-state index in [0.29, 0.717) is 6.54 Å². The predicted octanol–water partition coefficient (Wildman–Crippen LogP) is 2.47. The molecular weight excluding hydrogens is 231 g/mol. The number of halogens is 1. The number of H-pyrrole nitrogens is 1. The SMILES string of the molecule is CC(=O)NCC1(c2c[nH]c3ccc(F)cc23)CC1. The van der Waals surface area contributed by atoms with Crippen LogP contribution in [0.5, 0.6) is 0 Å². The van der Waals surface area contributed by atoms with Crippen molar-refractivity contribution >= 4 is 16.8 Å². The Morgan fingerprint density at radius 2 is 2.28 bits per heavy atom. The number of fused-ring (bicyclic) bond motifs is 1. The zero-order valence-corrected chi connectivity index (χ0v) is 10.2. The Bertz CT molecular complexity index is 613. The van der Waals surface area contributed by atoms with Crippen LogP contribution in [-0.2, 0) is 10.2 Å². The molecule has 1 aliphatic carbocycles. The van der Waals surface area contributed by atoms with Crippen LogP contribution >= 0.6 is 0 Å². The third-order valence-corrected chi connectivity index (χ3v) is 3.74. The van der Waals surface area contributed by atoms with E-state index in [1.165, 1.54) is 13.0 Å². The van der Waals surface area contributed by atoms with E-state index in [-0.39, 0.29) is 17.1 Å². The minimum atomic E-state index is -0.223. The van der Waals surface area contributed by atoms with Gasteiger partial charge in [-0.2, -0.15) is 0 Å². The van der Waals surface area contributed by atoms with Crippen molar-refractivity contribution in [2.45, 2.75) is 25.2 Å². The third-order valence-electron chi connectivity index (χ3n) is 3.74. The van der Waals surface area contributed by atoms with Gasteiger partial charge in [0.15, 0.2) is 0 Å². The number of nitrogens with one attached hydrogen (secondary N) is 2. The highest BCUT2D eigenvalue weighted by Gasteiger charge is 2.45.